The van der Waals surface area contributed by atoms with E-state index in [0.717, 1.165) is 12.8 Å². The van der Waals surface area contributed by atoms with Gasteiger partial charge < -0.3 is 34.8 Å². The van der Waals surface area contributed by atoms with Gasteiger partial charge in [0.1, 0.15) is 24.9 Å². The number of aliphatic hydroxyl groups excluding tert-OH is 3. The SMILES string of the molecule is CCCCCC(=O)O[C@H]1[C@H](O)[C@@H](CO)O[C@@H](O)[C@@H]1NC(=O)OCC(Cl)(Cl)Cl. The highest BCUT2D eigenvalue weighted by atomic mass is 35.6. The second kappa shape index (κ2) is 11.5. The molecule has 1 aliphatic heterocycles. The minimum absolute atomic E-state index is 0.0994. The molecule has 1 fully saturated rings. The van der Waals surface area contributed by atoms with Crippen LogP contribution >= 0.6 is 34.8 Å². The van der Waals surface area contributed by atoms with Crippen LogP contribution in [0.1, 0.15) is 32.6 Å². The second-order valence-electron chi connectivity index (χ2n) is 6.01. The van der Waals surface area contributed by atoms with Crippen LogP contribution in [0.25, 0.3) is 0 Å². The summed E-state index contributed by atoms with van der Waals surface area (Å²) in [6, 6.07) is -1.36. The molecular weight excluding hydrogens is 429 g/mol. The number of aliphatic hydroxyl groups is 3. The van der Waals surface area contributed by atoms with Gasteiger partial charge in [0.15, 0.2) is 12.4 Å². The lowest BCUT2D eigenvalue weighted by molar-refractivity contribution is -0.258. The predicted octanol–water partition coefficient (Wildman–Crippen LogP) is 1.01. The number of alkyl halides is 3. The van der Waals surface area contributed by atoms with Gasteiger partial charge in [0.2, 0.25) is 3.79 Å². The third kappa shape index (κ3) is 8.55. The van der Waals surface area contributed by atoms with Crippen molar-refractivity contribution in [3.05, 3.63) is 0 Å². The minimum atomic E-state index is -1.84. The molecule has 0 aromatic rings. The Kier molecular flexibility index (Phi) is 10.4. The number of alkyl carbamates (subject to hydrolysis) is 1. The lowest BCUT2D eigenvalue weighted by atomic mass is 9.97. The fraction of sp³-hybridized carbons (Fsp3) is 0.867. The van der Waals surface area contributed by atoms with Crippen LogP contribution in [0.2, 0.25) is 0 Å². The van der Waals surface area contributed by atoms with Gasteiger partial charge in [0.25, 0.3) is 0 Å². The minimum Gasteiger partial charge on any atom is -0.457 e. The van der Waals surface area contributed by atoms with E-state index in [1.165, 1.54) is 0 Å². The lowest BCUT2D eigenvalue weighted by Gasteiger charge is -2.41. The maximum Gasteiger partial charge on any atom is 0.407 e. The molecule has 1 aliphatic rings. The molecule has 158 valence electrons. The van der Waals surface area contributed by atoms with Crippen molar-refractivity contribution < 1.29 is 39.1 Å². The summed E-state index contributed by atoms with van der Waals surface area (Å²) in [5.41, 5.74) is 0. The molecule has 5 atom stereocenters. The van der Waals surface area contributed by atoms with Crippen LogP contribution in [-0.2, 0) is 19.0 Å². The number of hydrogen-bond donors (Lipinski definition) is 4. The fourth-order valence-corrected chi connectivity index (χ4v) is 2.60. The van der Waals surface area contributed by atoms with Crippen LogP contribution < -0.4 is 5.32 Å². The molecule has 4 N–H and O–H groups in total. The summed E-state index contributed by atoms with van der Waals surface area (Å²) in [5.74, 6) is -0.625. The number of nitrogens with one attached hydrogen (secondary N) is 1. The molecule has 0 unspecified atom stereocenters. The quantitative estimate of drug-likeness (QED) is 0.243. The van der Waals surface area contributed by atoms with E-state index < -0.39 is 59.7 Å². The Balaban J connectivity index is 2.79. The van der Waals surface area contributed by atoms with Crippen molar-refractivity contribution in [3.8, 4) is 0 Å². The first-order chi connectivity index (χ1) is 12.6. The molecule has 0 bridgehead atoms. The van der Waals surface area contributed by atoms with Crippen LogP contribution in [0.4, 0.5) is 4.79 Å². The number of ether oxygens (including phenoxy) is 3. The zero-order valence-electron chi connectivity index (χ0n) is 14.6. The number of hydrogen-bond acceptors (Lipinski definition) is 8. The van der Waals surface area contributed by atoms with E-state index in [1.807, 2.05) is 6.92 Å². The van der Waals surface area contributed by atoms with Gasteiger partial charge in [-0.15, -0.1) is 0 Å². The number of halogens is 3. The van der Waals surface area contributed by atoms with E-state index in [1.54, 1.807) is 0 Å². The maximum absolute atomic E-state index is 12.0. The molecule has 1 rings (SSSR count). The standard InChI is InChI=1S/C15H24Cl3NO8/c1-2-3-4-5-9(21)27-12-10(13(23)26-8(6-20)11(12)22)19-14(24)25-7-15(16,17)18/h8,10-13,20,22-23H,2-7H2,1H3,(H,19,24)/t8-,10-,11-,12-,13-/m1/s1. The van der Waals surface area contributed by atoms with Crippen molar-refractivity contribution in [3.63, 3.8) is 0 Å². The Morgan fingerprint density at radius 3 is 2.44 bits per heavy atom. The summed E-state index contributed by atoms with van der Waals surface area (Å²) >= 11 is 16.4. The first kappa shape index (κ1) is 24.5. The Morgan fingerprint density at radius 1 is 1.22 bits per heavy atom. The maximum atomic E-state index is 12.0. The highest BCUT2D eigenvalue weighted by molar-refractivity contribution is 6.67. The van der Waals surface area contributed by atoms with Crippen molar-refractivity contribution >= 4 is 46.9 Å². The molecular formula is C15H24Cl3NO8. The molecule has 0 aromatic heterocycles. The van der Waals surface area contributed by atoms with E-state index >= 15 is 0 Å². The monoisotopic (exact) mass is 451 g/mol. The number of amides is 1. The summed E-state index contributed by atoms with van der Waals surface area (Å²) in [5, 5.41) is 31.8. The van der Waals surface area contributed by atoms with E-state index in [4.69, 9.17) is 49.0 Å². The van der Waals surface area contributed by atoms with Gasteiger partial charge in [-0.05, 0) is 6.42 Å². The highest BCUT2D eigenvalue weighted by Gasteiger charge is 2.47. The van der Waals surface area contributed by atoms with E-state index in [2.05, 4.69) is 5.32 Å². The van der Waals surface area contributed by atoms with Gasteiger partial charge in [0.05, 0.1) is 6.61 Å². The number of unbranched alkanes of at least 4 members (excludes halogenated alkanes) is 2. The molecule has 0 radical (unpaired) electrons. The van der Waals surface area contributed by atoms with Crippen molar-refractivity contribution in [2.45, 2.75) is 67.0 Å². The largest absolute Gasteiger partial charge is 0.457 e. The van der Waals surface area contributed by atoms with Gasteiger partial charge in [-0.3, -0.25) is 4.79 Å². The summed E-state index contributed by atoms with van der Waals surface area (Å²) in [6.07, 6.45) is -4.44. The third-order valence-electron chi connectivity index (χ3n) is 3.78. The first-order valence-corrected chi connectivity index (χ1v) is 9.54. The van der Waals surface area contributed by atoms with Crippen LogP contribution in [0, 0.1) is 0 Å². The van der Waals surface area contributed by atoms with Crippen molar-refractivity contribution in [2.75, 3.05) is 13.2 Å². The zero-order valence-corrected chi connectivity index (χ0v) is 16.9. The predicted molar refractivity (Wildman–Crippen MR) is 96.6 cm³/mol. The number of rotatable bonds is 8. The summed E-state index contributed by atoms with van der Waals surface area (Å²) in [7, 11) is 0. The third-order valence-corrected chi connectivity index (χ3v) is 4.10. The molecule has 1 heterocycles. The first-order valence-electron chi connectivity index (χ1n) is 8.41. The lowest BCUT2D eigenvalue weighted by Crippen LogP contribution is -2.65. The summed E-state index contributed by atoms with van der Waals surface area (Å²) in [4.78, 5) is 23.9. The normalized spacial score (nSPS) is 28.5. The zero-order chi connectivity index (χ0) is 20.6. The van der Waals surface area contributed by atoms with Crippen LogP contribution in [0.15, 0.2) is 0 Å². The van der Waals surface area contributed by atoms with Crippen molar-refractivity contribution in [1.82, 2.24) is 5.32 Å². The van der Waals surface area contributed by atoms with Gasteiger partial charge in [-0.1, -0.05) is 54.6 Å². The van der Waals surface area contributed by atoms with E-state index in [-0.39, 0.29) is 6.42 Å². The Bertz CT molecular complexity index is 490. The summed E-state index contributed by atoms with van der Waals surface area (Å²) < 4.78 is 13.1. The molecule has 0 aliphatic carbocycles. The highest BCUT2D eigenvalue weighted by Crippen LogP contribution is 2.26. The smallest absolute Gasteiger partial charge is 0.407 e. The topological polar surface area (TPSA) is 135 Å². The number of esters is 1. The van der Waals surface area contributed by atoms with Crippen LogP contribution in [0.5, 0.6) is 0 Å². The van der Waals surface area contributed by atoms with Crippen LogP contribution in [-0.4, -0.2) is 75.0 Å². The number of carbonyl (C=O) groups excluding carboxylic acids is 2. The van der Waals surface area contributed by atoms with E-state index in [9.17, 15) is 24.9 Å². The van der Waals surface area contributed by atoms with Crippen LogP contribution in [0.3, 0.4) is 0 Å². The number of carbonyl (C=O) groups is 2. The molecule has 0 saturated carbocycles. The molecule has 27 heavy (non-hydrogen) atoms. The van der Waals surface area contributed by atoms with Gasteiger partial charge >= 0.3 is 12.1 Å². The van der Waals surface area contributed by atoms with Gasteiger partial charge in [-0.25, -0.2) is 4.79 Å². The molecule has 1 saturated heterocycles. The molecule has 1 amide bonds. The molecule has 12 heteroatoms. The Labute approximate surface area is 171 Å². The average molecular weight is 453 g/mol. The molecule has 0 aromatic carbocycles. The van der Waals surface area contributed by atoms with E-state index in [0.29, 0.717) is 6.42 Å². The second-order valence-corrected chi connectivity index (χ2v) is 8.53. The Hall–Kier alpha value is -0.550. The Morgan fingerprint density at radius 2 is 1.89 bits per heavy atom. The van der Waals surface area contributed by atoms with Crippen molar-refractivity contribution in [2.24, 2.45) is 0 Å². The fourth-order valence-electron chi connectivity index (χ4n) is 2.43. The van der Waals surface area contributed by atoms with Gasteiger partial charge in [-0.2, -0.15) is 0 Å². The molecule has 9 nitrogen and oxygen atoms in total. The van der Waals surface area contributed by atoms with Gasteiger partial charge in [0, 0.05) is 6.42 Å². The summed E-state index contributed by atoms with van der Waals surface area (Å²) in [6.45, 7) is 0.765. The van der Waals surface area contributed by atoms with Crippen molar-refractivity contribution in [1.29, 1.82) is 0 Å². The molecule has 0 spiro atoms. The average Bonchev–Trinajstić information content (AvgIpc) is 2.58.